The van der Waals surface area contributed by atoms with Gasteiger partial charge in [0.05, 0.1) is 11.3 Å². The molecule has 0 unspecified atom stereocenters. The van der Waals surface area contributed by atoms with Crippen LogP contribution < -0.4 is 4.74 Å². The standard InChI is InChI=1S/C14H15ClN2O3/c1-8-6-9(2)13(10(3)7-8)20-14-11(17(18)19)4-5-12(15)16-14/h6-7H,4-5H2,1-3H3. The maximum atomic E-state index is 11.0. The number of halogens is 1. The molecule has 2 rings (SSSR count). The van der Waals surface area contributed by atoms with Crippen LogP contribution in [0.15, 0.2) is 28.7 Å². The maximum absolute atomic E-state index is 11.0. The summed E-state index contributed by atoms with van der Waals surface area (Å²) >= 11 is 5.87. The fourth-order valence-corrected chi connectivity index (χ4v) is 2.41. The van der Waals surface area contributed by atoms with Crippen LogP contribution in [0.3, 0.4) is 0 Å². The van der Waals surface area contributed by atoms with Gasteiger partial charge in [0.2, 0.25) is 0 Å². The highest BCUT2D eigenvalue weighted by Gasteiger charge is 2.26. The Kier molecular flexibility index (Phi) is 4.09. The zero-order valence-electron chi connectivity index (χ0n) is 11.6. The van der Waals surface area contributed by atoms with Gasteiger partial charge in [-0.2, -0.15) is 4.99 Å². The molecule has 1 aromatic carbocycles. The summed E-state index contributed by atoms with van der Waals surface area (Å²) in [4.78, 5) is 14.6. The number of hydrogen-bond acceptors (Lipinski definition) is 4. The van der Waals surface area contributed by atoms with Crippen LogP contribution in [-0.4, -0.2) is 10.1 Å². The van der Waals surface area contributed by atoms with E-state index >= 15 is 0 Å². The molecule has 0 fully saturated rings. The molecule has 6 heteroatoms. The summed E-state index contributed by atoms with van der Waals surface area (Å²) in [6, 6.07) is 3.92. The summed E-state index contributed by atoms with van der Waals surface area (Å²) < 4.78 is 5.68. The van der Waals surface area contributed by atoms with Crippen molar-refractivity contribution >= 4 is 16.8 Å². The molecule has 1 heterocycles. The van der Waals surface area contributed by atoms with E-state index in [1.54, 1.807) is 0 Å². The molecule has 0 N–H and O–H groups in total. The predicted octanol–water partition coefficient (Wildman–Crippen LogP) is 3.87. The van der Waals surface area contributed by atoms with E-state index < -0.39 is 4.92 Å². The van der Waals surface area contributed by atoms with Crippen molar-refractivity contribution in [3.05, 3.63) is 50.5 Å². The van der Waals surface area contributed by atoms with Gasteiger partial charge in [0, 0.05) is 6.42 Å². The lowest BCUT2D eigenvalue weighted by molar-refractivity contribution is -0.430. The van der Waals surface area contributed by atoms with Crippen molar-refractivity contribution in [1.82, 2.24) is 0 Å². The van der Waals surface area contributed by atoms with E-state index in [1.807, 2.05) is 32.9 Å². The highest BCUT2D eigenvalue weighted by molar-refractivity contribution is 6.65. The molecular formula is C14H15ClN2O3. The number of nitro groups is 1. The summed E-state index contributed by atoms with van der Waals surface area (Å²) in [5.41, 5.74) is 2.90. The molecule has 0 aliphatic carbocycles. The Morgan fingerprint density at radius 1 is 1.25 bits per heavy atom. The van der Waals surface area contributed by atoms with Crippen molar-refractivity contribution < 1.29 is 9.66 Å². The first-order chi connectivity index (χ1) is 9.38. The Hall–Kier alpha value is -1.88. The number of benzene rings is 1. The highest BCUT2D eigenvalue weighted by atomic mass is 35.5. The summed E-state index contributed by atoms with van der Waals surface area (Å²) in [5, 5.41) is 11.4. The second-order valence-electron chi connectivity index (χ2n) is 4.83. The fourth-order valence-electron chi connectivity index (χ4n) is 2.23. The van der Waals surface area contributed by atoms with Crippen molar-refractivity contribution in [3.63, 3.8) is 0 Å². The normalized spacial score (nSPS) is 15.1. The van der Waals surface area contributed by atoms with Gasteiger partial charge in [-0.25, -0.2) is 0 Å². The fraction of sp³-hybridized carbons (Fsp3) is 0.357. The van der Waals surface area contributed by atoms with E-state index in [9.17, 15) is 10.1 Å². The Bertz CT molecular complexity index is 612. The number of nitrogens with zero attached hydrogens (tertiary/aromatic N) is 2. The molecule has 1 aliphatic heterocycles. The Morgan fingerprint density at radius 3 is 2.40 bits per heavy atom. The van der Waals surface area contributed by atoms with E-state index in [0.717, 1.165) is 16.7 Å². The second-order valence-corrected chi connectivity index (χ2v) is 5.26. The first-order valence-electron chi connectivity index (χ1n) is 6.25. The van der Waals surface area contributed by atoms with Gasteiger partial charge in [0.15, 0.2) is 0 Å². The molecule has 0 radical (unpaired) electrons. The third kappa shape index (κ3) is 2.99. The number of aryl methyl sites for hydroxylation is 3. The van der Waals surface area contributed by atoms with Gasteiger partial charge in [-0.3, -0.25) is 10.1 Å². The summed E-state index contributed by atoms with van der Waals surface area (Å²) in [7, 11) is 0. The maximum Gasteiger partial charge on any atom is 0.308 e. The lowest BCUT2D eigenvalue weighted by Crippen LogP contribution is -2.13. The molecule has 5 nitrogen and oxygen atoms in total. The lowest BCUT2D eigenvalue weighted by Gasteiger charge is -2.15. The zero-order chi connectivity index (χ0) is 14.9. The first kappa shape index (κ1) is 14.5. The number of rotatable bonds is 3. The Balaban J connectivity index is 2.44. The zero-order valence-corrected chi connectivity index (χ0v) is 12.3. The topological polar surface area (TPSA) is 64.7 Å². The smallest absolute Gasteiger partial charge is 0.308 e. The minimum atomic E-state index is -0.457. The molecular weight excluding hydrogens is 280 g/mol. The molecule has 0 amide bonds. The van der Waals surface area contributed by atoms with Crippen LogP contribution in [0.4, 0.5) is 0 Å². The monoisotopic (exact) mass is 294 g/mol. The van der Waals surface area contributed by atoms with Gasteiger partial charge < -0.3 is 4.74 Å². The van der Waals surface area contributed by atoms with Crippen LogP contribution in [0.25, 0.3) is 0 Å². The number of aliphatic imine (C=N–C) groups is 1. The molecule has 0 aromatic heterocycles. The van der Waals surface area contributed by atoms with Gasteiger partial charge in [-0.15, -0.1) is 0 Å². The minimum Gasteiger partial charge on any atom is -0.433 e. The van der Waals surface area contributed by atoms with Crippen LogP contribution in [0.1, 0.15) is 29.5 Å². The van der Waals surface area contributed by atoms with Gasteiger partial charge in [0.25, 0.3) is 5.88 Å². The van der Waals surface area contributed by atoms with Crippen LogP contribution >= 0.6 is 11.6 Å². The third-order valence-corrected chi connectivity index (χ3v) is 3.34. The van der Waals surface area contributed by atoms with Gasteiger partial charge in [-0.05, 0) is 31.9 Å². The van der Waals surface area contributed by atoms with Crippen molar-refractivity contribution in [3.8, 4) is 5.75 Å². The third-order valence-electron chi connectivity index (χ3n) is 3.06. The molecule has 106 valence electrons. The quantitative estimate of drug-likeness (QED) is 0.628. The molecule has 0 spiro atoms. The molecule has 1 aliphatic rings. The lowest BCUT2D eigenvalue weighted by atomic mass is 10.1. The number of allylic oxidation sites excluding steroid dienone is 1. The summed E-state index contributed by atoms with van der Waals surface area (Å²) in [6.45, 7) is 5.78. The SMILES string of the molecule is Cc1cc(C)c(OC2=C([N+](=O)[O-])CCC(Cl)=N2)c(C)c1. The average Bonchev–Trinajstić information content (AvgIpc) is 2.33. The van der Waals surface area contributed by atoms with E-state index in [-0.39, 0.29) is 18.0 Å². The van der Waals surface area contributed by atoms with Crippen LogP contribution in [0.5, 0.6) is 5.75 Å². The van der Waals surface area contributed by atoms with E-state index in [4.69, 9.17) is 16.3 Å². The van der Waals surface area contributed by atoms with Crippen LogP contribution in [0.2, 0.25) is 0 Å². The van der Waals surface area contributed by atoms with Crippen molar-refractivity contribution in [2.75, 3.05) is 0 Å². The van der Waals surface area contributed by atoms with Crippen LogP contribution in [0, 0.1) is 30.9 Å². The summed E-state index contributed by atoms with van der Waals surface area (Å²) in [6.07, 6.45) is 0.602. The molecule has 0 saturated carbocycles. The largest absolute Gasteiger partial charge is 0.433 e. The molecule has 1 aromatic rings. The Morgan fingerprint density at radius 2 is 1.85 bits per heavy atom. The predicted molar refractivity (Wildman–Crippen MR) is 77.8 cm³/mol. The first-order valence-corrected chi connectivity index (χ1v) is 6.62. The van der Waals surface area contributed by atoms with Gasteiger partial charge in [-0.1, -0.05) is 29.3 Å². The molecule has 0 bridgehead atoms. The number of hydrogen-bond donors (Lipinski definition) is 0. The van der Waals surface area contributed by atoms with Crippen molar-refractivity contribution in [2.24, 2.45) is 4.99 Å². The van der Waals surface area contributed by atoms with Crippen molar-refractivity contribution in [1.29, 1.82) is 0 Å². The van der Waals surface area contributed by atoms with Crippen LogP contribution in [-0.2, 0) is 0 Å². The molecule has 0 saturated heterocycles. The van der Waals surface area contributed by atoms with E-state index in [0.29, 0.717) is 17.3 Å². The number of ether oxygens (including phenoxy) is 1. The Labute approximate surface area is 122 Å². The highest BCUT2D eigenvalue weighted by Crippen LogP contribution is 2.30. The minimum absolute atomic E-state index is 0.0127. The molecule has 0 atom stereocenters. The summed E-state index contributed by atoms with van der Waals surface area (Å²) in [5.74, 6) is 0.585. The van der Waals surface area contributed by atoms with E-state index in [2.05, 4.69) is 4.99 Å². The van der Waals surface area contributed by atoms with E-state index in [1.165, 1.54) is 0 Å². The van der Waals surface area contributed by atoms with Crippen molar-refractivity contribution in [2.45, 2.75) is 33.6 Å². The molecule has 20 heavy (non-hydrogen) atoms. The van der Waals surface area contributed by atoms with Gasteiger partial charge in [0.1, 0.15) is 10.9 Å². The van der Waals surface area contributed by atoms with Gasteiger partial charge >= 0.3 is 5.70 Å². The second kappa shape index (κ2) is 5.63. The average molecular weight is 295 g/mol.